The maximum absolute atomic E-state index is 12.3. The number of hydrogen-bond donors (Lipinski definition) is 1. The number of fused-ring (bicyclic) bond motifs is 1. The van der Waals surface area contributed by atoms with Crippen LogP contribution in [0.1, 0.15) is 6.92 Å². The van der Waals surface area contributed by atoms with Crippen LogP contribution in [0.15, 0.2) is 64.2 Å². The van der Waals surface area contributed by atoms with Crippen LogP contribution in [0.3, 0.4) is 0 Å². The van der Waals surface area contributed by atoms with E-state index in [2.05, 4.69) is 15.5 Å². The van der Waals surface area contributed by atoms with Gasteiger partial charge >= 0.3 is 0 Å². The number of ether oxygens (including phenoxy) is 1. The average molecular weight is 408 g/mol. The molecule has 0 atom stereocenters. The lowest BCUT2D eigenvalue weighted by molar-refractivity contribution is -0.113. The highest BCUT2D eigenvalue weighted by Gasteiger charge is 2.16. The second-order valence-electron chi connectivity index (χ2n) is 6.31. The minimum atomic E-state index is -0.118. The molecule has 0 aliphatic heterocycles. The highest BCUT2D eigenvalue weighted by Crippen LogP contribution is 2.28. The van der Waals surface area contributed by atoms with E-state index >= 15 is 0 Å². The summed E-state index contributed by atoms with van der Waals surface area (Å²) >= 11 is 1.32. The van der Waals surface area contributed by atoms with Crippen molar-refractivity contribution in [3.8, 4) is 17.3 Å². The Kier molecular flexibility index (Phi) is 5.53. The lowest BCUT2D eigenvalue weighted by Gasteiger charge is -2.07. The molecule has 1 amide bonds. The predicted molar refractivity (Wildman–Crippen MR) is 113 cm³/mol. The van der Waals surface area contributed by atoms with Crippen molar-refractivity contribution in [2.24, 2.45) is 7.05 Å². The van der Waals surface area contributed by atoms with Gasteiger partial charge in [0.25, 0.3) is 0 Å². The number of para-hydroxylation sites is 1. The Labute approximate surface area is 172 Å². The summed E-state index contributed by atoms with van der Waals surface area (Å²) in [5, 5.41) is 12.9. The zero-order chi connectivity index (χ0) is 20.2. The number of anilines is 1. The number of aromatic nitrogens is 3. The normalized spacial score (nSPS) is 11.0. The first-order valence-electron chi connectivity index (χ1n) is 9.18. The highest BCUT2D eigenvalue weighted by atomic mass is 32.2. The first-order valence-corrected chi connectivity index (χ1v) is 10.2. The molecular formula is C21H20N4O3S. The van der Waals surface area contributed by atoms with Gasteiger partial charge in [-0.15, -0.1) is 10.2 Å². The topological polar surface area (TPSA) is 82.2 Å². The lowest BCUT2D eigenvalue weighted by atomic mass is 10.2. The van der Waals surface area contributed by atoms with Crippen LogP contribution in [0.2, 0.25) is 0 Å². The van der Waals surface area contributed by atoms with Crippen LogP contribution in [0.5, 0.6) is 5.75 Å². The summed E-state index contributed by atoms with van der Waals surface area (Å²) in [6.45, 7) is 2.54. The Morgan fingerprint density at radius 2 is 1.97 bits per heavy atom. The van der Waals surface area contributed by atoms with E-state index in [0.717, 1.165) is 22.4 Å². The molecule has 0 fully saturated rings. The van der Waals surface area contributed by atoms with Crippen molar-refractivity contribution in [2.75, 3.05) is 17.7 Å². The predicted octanol–water partition coefficient (Wildman–Crippen LogP) is 4.36. The molecule has 1 N–H and O–H groups in total. The molecule has 8 heteroatoms. The van der Waals surface area contributed by atoms with Crippen molar-refractivity contribution < 1.29 is 13.9 Å². The van der Waals surface area contributed by atoms with E-state index in [0.29, 0.717) is 23.3 Å². The van der Waals surface area contributed by atoms with E-state index in [1.54, 1.807) is 0 Å². The second-order valence-corrected chi connectivity index (χ2v) is 7.25. The van der Waals surface area contributed by atoms with Gasteiger partial charge in [-0.05, 0) is 43.3 Å². The first kappa shape index (κ1) is 19.1. The Morgan fingerprint density at radius 3 is 2.72 bits per heavy atom. The van der Waals surface area contributed by atoms with Crippen LogP contribution in [0.25, 0.3) is 22.6 Å². The molecular weight excluding hydrogens is 388 g/mol. The molecule has 7 nitrogen and oxygen atoms in total. The molecule has 4 rings (SSSR count). The average Bonchev–Trinajstić information content (AvgIpc) is 3.31. The van der Waals surface area contributed by atoms with Gasteiger partial charge in [0.15, 0.2) is 16.7 Å². The molecule has 0 aliphatic carbocycles. The van der Waals surface area contributed by atoms with E-state index in [9.17, 15) is 4.79 Å². The standard InChI is InChI=1S/C21H20N4O3S/c1-3-27-16-10-8-15(9-11-16)22-19(26)13-29-21-24-23-20(25(21)2)18-12-14-6-4-5-7-17(14)28-18/h4-12H,3,13H2,1-2H3,(H,22,26). The summed E-state index contributed by atoms with van der Waals surface area (Å²) in [7, 11) is 1.86. The zero-order valence-corrected chi connectivity index (χ0v) is 16.9. The molecule has 29 heavy (non-hydrogen) atoms. The Bertz CT molecular complexity index is 1100. The van der Waals surface area contributed by atoms with Crippen molar-refractivity contribution in [3.05, 3.63) is 54.6 Å². The fourth-order valence-corrected chi connectivity index (χ4v) is 3.59. The monoisotopic (exact) mass is 408 g/mol. The number of furan rings is 1. The van der Waals surface area contributed by atoms with Crippen molar-refractivity contribution in [1.82, 2.24) is 14.8 Å². The van der Waals surface area contributed by atoms with E-state index in [4.69, 9.17) is 9.15 Å². The maximum atomic E-state index is 12.3. The highest BCUT2D eigenvalue weighted by molar-refractivity contribution is 7.99. The number of carbonyl (C=O) groups excluding carboxylic acids is 1. The number of nitrogens with one attached hydrogen (secondary N) is 1. The largest absolute Gasteiger partial charge is 0.494 e. The summed E-state index contributed by atoms with van der Waals surface area (Å²) in [6.07, 6.45) is 0. The quantitative estimate of drug-likeness (QED) is 0.458. The number of amides is 1. The molecule has 0 spiro atoms. The van der Waals surface area contributed by atoms with Gasteiger partial charge in [0, 0.05) is 18.1 Å². The molecule has 0 unspecified atom stereocenters. The fraction of sp³-hybridized carbons (Fsp3) is 0.190. The molecule has 0 saturated carbocycles. The molecule has 0 aliphatic rings. The summed E-state index contributed by atoms with van der Waals surface area (Å²) in [4.78, 5) is 12.3. The molecule has 2 aromatic carbocycles. The molecule has 0 saturated heterocycles. The minimum Gasteiger partial charge on any atom is -0.494 e. The van der Waals surface area contributed by atoms with Crippen LogP contribution in [0.4, 0.5) is 5.69 Å². The van der Waals surface area contributed by atoms with Gasteiger partial charge in [-0.25, -0.2) is 0 Å². The van der Waals surface area contributed by atoms with Crippen molar-refractivity contribution in [3.63, 3.8) is 0 Å². The van der Waals surface area contributed by atoms with Crippen molar-refractivity contribution >= 4 is 34.3 Å². The molecule has 4 aromatic rings. The number of hydrogen-bond acceptors (Lipinski definition) is 6. The second kappa shape index (κ2) is 8.40. The van der Waals surface area contributed by atoms with Gasteiger partial charge in [0.1, 0.15) is 11.3 Å². The molecule has 148 valence electrons. The summed E-state index contributed by atoms with van der Waals surface area (Å²) in [5.41, 5.74) is 1.52. The fourth-order valence-electron chi connectivity index (χ4n) is 2.88. The van der Waals surface area contributed by atoms with E-state index in [1.807, 2.05) is 73.1 Å². The molecule has 0 bridgehead atoms. The van der Waals surface area contributed by atoms with Crippen molar-refractivity contribution in [1.29, 1.82) is 0 Å². The van der Waals surface area contributed by atoms with E-state index in [-0.39, 0.29) is 11.7 Å². The SMILES string of the molecule is CCOc1ccc(NC(=O)CSc2nnc(-c3cc4ccccc4o3)n2C)cc1. The van der Waals surface area contributed by atoms with E-state index < -0.39 is 0 Å². The third kappa shape index (κ3) is 4.27. The third-order valence-electron chi connectivity index (χ3n) is 4.26. The number of thioether (sulfide) groups is 1. The smallest absolute Gasteiger partial charge is 0.234 e. The first-order chi connectivity index (χ1) is 14.1. The molecule has 0 radical (unpaired) electrons. The van der Waals surface area contributed by atoms with Gasteiger partial charge in [-0.2, -0.15) is 0 Å². The Morgan fingerprint density at radius 1 is 1.17 bits per heavy atom. The van der Waals surface area contributed by atoms with Gasteiger partial charge < -0.3 is 19.0 Å². The zero-order valence-electron chi connectivity index (χ0n) is 16.1. The minimum absolute atomic E-state index is 0.118. The number of carbonyl (C=O) groups is 1. The third-order valence-corrected chi connectivity index (χ3v) is 5.28. The van der Waals surface area contributed by atoms with Gasteiger partial charge in [0.2, 0.25) is 5.91 Å². The van der Waals surface area contributed by atoms with Crippen LogP contribution < -0.4 is 10.1 Å². The summed E-state index contributed by atoms with van der Waals surface area (Å²) in [5.74, 6) is 2.14. The number of rotatable bonds is 7. The van der Waals surface area contributed by atoms with Crippen LogP contribution >= 0.6 is 11.8 Å². The Hall–Kier alpha value is -3.26. The summed E-state index contributed by atoms with van der Waals surface area (Å²) in [6, 6.07) is 17.0. The Balaban J connectivity index is 1.39. The summed E-state index contributed by atoms with van der Waals surface area (Å²) < 4.78 is 13.1. The van der Waals surface area contributed by atoms with E-state index in [1.165, 1.54) is 11.8 Å². The molecule has 2 aromatic heterocycles. The van der Waals surface area contributed by atoms with Crippen LogP contribution in [-0.2, 0) is 11.8 Å². The number of benzene rings is 2. The maximum Gasteiger partial charge on any atom is 0.234 e. The van der Waals surface area contributed by atoms with Gasteiger partial charge in [-0.1, -0.05) is 30.0 Å². The van der Waals surface area contributed by atoms with Crippen molar-refractivity contribution in [2.45, 2.75) is 12.1 Å². The van der Waals surface area contributed by atoms with Gasteiger partial charge in [-0.3, -0.25) is 4.79 Å². The van der Waals surface area contributed by atoms with Crippen LogP contribution in [0, 0.1) is 0 Å². The lowest BCUT2D eigenvalue weighted by Crippen LogP contribution is -2.14. The number of nitrogens with zero attached hydrogens (tertiary/aromatic N) is 3. The van der Waals surface area contributed by atoms with Crippen LogP contribution in [-0.4, -0.2) is 33.0 Å². The molecule has 2 heterocycles. The van der Waals surface area contributed by atoms with Gasteiger partial charge in [0.05, 0.1) is 12.4 Å².